The van der Waals surface area contributed by atoms with Crippen molar-refractivity contribution in [3.8, 4) is 5.75 Å². The zero-order chi connectivity index (χ0) is 15.4. The van der Waals surface area contributed by atoms with Crippen LogP contribution in [-0.4, -0.2) is 41.4 Å². The van der Waals surface area contributed by atoms with E-state index in [0.29, 0.717) is 19.5 Å². The Morgan fingerprint density at radius 3 is 2.90 bits per heavy atom. The molecule has 0 spiro atoms. The maximum absolute atomic E-state index is 11.9. The van der Waals surface area contributed by atoms with Gasteiger partial charge in [-0.2, -0.15) is 0 Å². The van der Waals surface area contributed by atoms with Crippen LogP contribution >= 0.6 is 27.7 Å². The number of carbonyl (C=O) groups excluding carboxylic acids is 2. The summed E-state index contributed by atoms with van der Waals surface area (Å²) in [4.78, 5) is 24.9. The van der Waals surface area contributed by atoms with E-state index in [4.69, 9.17) is 4.74 Å². The number of amides is 1. The number of rotatable bonds is 5. The molecule has 0 saturated carbocycles. The van der Waals surface area contributed by atoms with Gasteiger partial charge in [-0.3, -0.25) is 9.59 Å². The van der Waals surface area contributed by atoms with Gasteiger partial charge in [0.05, 0.1) is 11.6 Å². The molecule has 1 aromatic carbocycles. The van der Waals surface area contributed by atoms with E-state index in [1.54, 1.807) is 14.0 Å². The van der Waals surface area contributed by atoms with Crippen LogP contribution in [-0.2, 0) is 16.0 Å². The smallest absolute Gasteiger partial charge is 0.223 e. The standard InChI is InChI=1S/C15H18BrNO3S/c1-10(18)21-12-8-15(19)17(9-12)6-5-11-3-4-14(20-2)13(16)7-11/h3-4,7,12H,5-6,8-9H2,1-2H3. The number of ether oxygens (including phenoxy) is 1. The first-order valence-electron chi connectivity index (χ1n) is 6.77. The number of carbonyl (C=O) groups is 2. The summed E-state index contributed by atoms with van der Waals surface area (Å²) in [7, 11) is 1.63. The fourth-order valence-electron chi connectivity index (χ4n) is 2.40. The molecule has 21 heavy (non-hydrogen) atoms. The Morgan fingerprint density at radius 1 is 1.52 bits per heavy atom. The Hall–Kier alpha value is -1.01. The van der Waals surface area contributed by atoms with Crippen LogP contribution in [0.1, 0.15) is 18.9 Å². The van der Waals surface area contributed by atoms with Crippen LogP contribution in [0, 0.1) is 0 Å². The summed E-state index contributed by atoms with van der Waals surface area (Å²) in [6.07, 6.45) is 1.27. The predicted molar refractivity (Wildman–Crippen MR) is 87.7 cm³/mol. The van der Waals surface area contributed by atoms with Gasteiger partial charge < -0.3 is 9.64 Å². The lowest BCUT2D eigenvalue weighted by molar-refractivity contribution is -0.127. The first-order valence-corrected chi connectivity index (χ1v) is 8.44. The molecule has 2 rings (SSSR count). The highest BCUT2D eigenvalue weighted by Gasteiger charge is 2.30. The second-order valence-corrected chi connectivity index (χ2v) is 7.33. The van der Waals surface area contributed by atoms with Crippen LogP contribution < -0.4 is 4.74 Å². The number of halogens is 1. The number of hydrogen-bond donors (Lipinski definition) is 0. The van der Waals surface area contributed by atoms with Gasteiger partial charge in [-0.15, -0.1) is 0 Å². The van der Waals surface area contributed by atoms with E-state index in [-0.39, 0.29) is 16.3 Å². The van der Waals surface area contributed by atoms with Gasteiger partial charge in [0.1, 0.15) is 5.75 Å². The van der Waals surface area contributed by atoms with Crippen molar-refractivity contribution in [2.75, 3.05) is 20.2 Å². The third kappa shape index (κ3) is 4.48. The maximum atomic E-state index is 11.9. The molecule has 1 fully saturated rings. The van der Waals surface area contributed by atoms with E-state index in [0.717, 1.165) is 22.2 Å². The van der Waals surface area contributed by atoms with Crippen molar-refractivity contribution in [1.82, 2.24) is 4.90 Å². The second-order valence-electron chi connectivity index (χ2n) is 4.99. The molecule has 1 aliphatic heterocycles. The number of methoxy groups -OCH3 is 1. The molecule has 0 aliphatic carbocycles. The molecule has 0 N–H and O–H groups in total. The van der Waals surface area contributed by atoms with Crippen LogP contribution in [0.25, 0.3) is 0 Å². The summed E-state index contributed by atoms with van der Waals surface area (Å²) in [5.41, 5.74) is 1.15. The van der Waals surface area contributed by atoms with E-state index >= 15 is 0 Å². The zero-order valence-electron chi connectivity index (χ0n) is 12.1. The first kappa shape index (κ1) is 16.4. The lowest BCUT2D eigenvalue weighted by Gasteiger charge is -2.16. The number of benzene rings is 1. The summed E-state index contributed by atoms with van der Waals surface area (Å²) in [6, 6.07) is 5.94. The fraction of sp³-hybridized carbons (Fsp3) is 0.467. The molecular weight excluding hydrogens is 354 g/mol. The SMILES string of the molecule is COc1ccc(CCN2CC(SC(C)=O)CC2=O)cc1Br. The molecule has 0 bridgehead atoms. The minimum Gasteiger partial charge on any atom is -0.496 e. The van der Waals surface area contributed by atoms with Crippen LogP contribution in [0.2, 0.25) is 0 Å². The van der Waals surface area contributed by atoms with Crippen molar-refractivity contribution in [3.63, 3.8) is 0 Å². The van der Waals surface area contributed by atoms with E-state index in [2.05, 4.69) is 15.9 Å². The number of hydrogen-bond acceptors (Lipinski definition) is 4. The summed E-state index contributed by atoms with van der Waals surface area (Å²) in [6.45, 7) is 2.90. The quantitative estimate of drug-likeness (QED) is 0.798. The molecule has 1 atom stereocenters. The minimum atomic E-state index is 0.0775. The van der Waals surface area contributed by atoms with Gasteiger partial charge >= 0.3 is 0 Å². The molecule has 6 heteroatoms. The molecule has 114 valence electrons. The maximum Gasteiger partial charge on any atom is 0.223 e. The normalized spacial score (nSPS) is 18.1. The second kappa shape index (κ2) is 7.31. The summed E-state index contributed by atoms with van der Waals surface area (Å²) < 4.78 is 6.12. The lowest BCUT2D eigenvalue weighted by atomic mass is 10.1. The van der Waals surface area contributed by atoms with E-state index in [1.165, 1.54) is 11.8 Å². The van der Waals surface area contributed by atoms with E-state index in [9.17, 15) is 9.59 Å². The average Bonchev–Trinajstić information content (AvgIpc) is 2.75. The molecule has 1 aromatic rings. The van der Waals surface area contributed by atoms with Crippen molar-refractivity contribution in [2.24, 2.45) is 0 Å². The van der Waals surface area contributed by atoms with Gasteiger partial charge in [-0.05, 0) is 40.0 Å². The minimum absolute atomic E-state index is 0.0775. The van der Waals surface area contributed by atoms with Gasteiger partial charge in [0, 0.05) is 31.7 Å². The van der Waals surface area contributed by atoms with Crippen molar-refractivity contribution in [2.45, 2.75) is 25.0 Å². The summed E-state index contributed by atoms with van der Waals surface area (Å²) in [5.74, 6) is 0.940. The Labute approximate surface area is 137 Å². The van der Waals surface area contributed by atoms with Gasteiger partial charge in [0.15, 0.2) is 5.12 Å². The third-order valence-electron chi connectivity index (χ3n) is 3.40. The Morgan fingerprint density at radius 2 is 2.29 bits per heavy atom. The Bertz CT molecular complexity index is 550. The van der Waals surface area contributed by atoms with Crippen molar-refractivity contribution >= 4 is 38.7 Å². The highest BCUT2D eigenvalue weighted by Crippen LogP contribution is 2.27. The van der Waals surface area contributed by atoms with Crippen LogP contribution in [0.5, 0.6) is 5.75 Å². The van der Waals surface area contributed by atoms with Gasteiger partial charge in [0.2, 0.25) is 5.91 Å². The molecule has 1 unspecified atom stereocenters. The van der Waals surface area contributed by atoms with Gasteiger partial charge in [-0.25, -0.2) is 0 Å². The average molecular weight is 372 g/mol. The Balaban J connectivity index is 1.89. The van der Waals surface area contributed by atoms with E-state index in [1.807, 2.05) is 23.1 Å². The molecule has 0 radical (unpaired) electrons. The fourth-order valence-corrected chi connectivity index (χ4v) is 3.93. The predicted octanol–water partition coefficient (Wildman–Crippen LogP) is 2.88. The van der Waals surface area contributed by atoms with E-state index < -0.39 is 0 Å². The number of thioether (sulfide) groups is 1. The highest BCUT2D eigenvalue weighted by atomic mass is 79.9. The van der Waals surface area contributed by atoms with Crippen molar-refractivity contribution < 1.29 is 14.3 Å². The summed E-state index contributed by atoms with van der Waals surface area (Å²) in [5, 5.41) is 0.186. The molecular formula is C15H18BrNO3S. The molecule has 4 nitrogen and oxygen atoms in total. The third-order valence-corrected chi connectivity index (χ3v) is 5.00. The molecule has 1 saturated heterocycles. The van der Waals surface area contributed by atoms with Crippen molar-refractivity contribution in [3.05, 3.63) is 28.2 Å². The first-order chi connectivity index (χ1) is 9.99. The molecule has 1 aliphatic rings. The van der Waals surface area contributed by atoms with Crippen molar-refractivity contribution in [1.29, 1.82) is 0 Å². The van der Waals surface area contributed by atoms with Gasteiger partial charge in [0.25, 0.3) is 0 Å². The van der Waals surface area contributed by atoms with Gasteiger partial charge in [-0.1, -0.05) is 17.8 Å². The lowest BCUT2D eigenvalue weighted by Crippen LogP contribution is -2.27. The number of likely N-dealkylation sites (tertiary alicyclic amines) is 1. The monoisotopic (exact) mass is 371 g/mol. The zero-order valence-corrected chi connectivity index (χ0v) is 14.5. The van der Waals surface area contributed by atoms with Crippen LogP contribution in [0.15, 0.2) is 22.7 Å². The largest absolute Gasteiger partial charge is 0.496 e. The van der Waals surface area contributed by atoms with Crippen LogP contribution in [0.4, 0.5) is 0 Å². The molecule has 0 aromatic heterocycles. The van der Waals surface area contributed by atoms with Crippen LogP contribution in [0.3, 0.4) is 0 Å². The Kier molecular flexibility index (Phi) is 5.70. The topological polar surface area (TPSA) is 46.6 Å². The molecule has 1 amide bonds. The highest BCUT2D eigenvalue weighted by molar-refractivity contribution is 9.10. The number of nitrogens with zero attached hydrogens (tertiary/aromatic N) is 1. The summed E-state index contributed by atoms with van der Waals surface area (Å²) >= 11 is 4.74. The molecule has 1 heterocycles.